The fraction of sp³-hybridized carbons (Fsp3) is 0.500. The number of hydrogen-bond donors (Lipinski definition) is 1. The van der Waals surface area contributed by atoms with Crippen LogP contribution in [0.5, 0.6) is 0 Å². The average Bonchev–Trinajstić information content (AvgIpc) is 2.98. The van der Waals surface area contributed by atoms with Gasteiger partial charge in [0.25, 0.3) is 0 Å². The van der Waals surface area contributed by atoms with Gasteiger partial charge >= 0.3 is 0 Å². The molecule has 0 unspecified atom stereocenters. The lowest BCUT2D eigenvalue weighted by Gasteiger charge is -2.23. The fourth-order valence-corrected chi connectivity index (χ4v) is 2.55. The first-order valence-corrected chi connectivity index (χ1v) is 5.41. The molecule has 0 radical (unpaired) electrons. The largest absolute Gasteiger partial charge is 0.383 e. The minimum atomic E-state index is 0.392. The molecular weight excluding hydrogens is 186 g/mol. The van der Waals surface area contributed by atoms with E-state index in [-0.39, 0.29) is 0 Å². The first-order chi connectivity index (χ1) is 7.22. The van der Waals surface area contributed by atoms with Gasteiger partial charge in [0.05, 0.1) is 5.56 Å². The highest BCUT2D eigenvalue weighted by Crippen LogP contribution is 2.54. The number of nitrogens with two attached hydrogens (primary N) is 1. The van der Waals surface area contributed by atoms with Crippen LogP contribution >= 0.6 is 0 Å². The quantitative estimate of drug-likeness (QED) is 0.693. The molecule has 0 saturated heterocycles. The molecular formula is C12H13N3. The predicted molar refractivity (Wildman–Crippen MR) is 57.1 cm³/mol. The maximum Gasteiger partial charge on any atom is 0.141 e. The van der Waals surface area contributed by atoms with Gasteiger partial charge in [0, 0.05) is 5.69 Å². The van der Waals surface area contributed by atoms with Crippen LogP contribution in [0.3, 0.4) is 0 Å². The van der Waals surface area contributed by atoms with Crippen molar-refractivity contribution in [3.05, 3.63) is 22.9 Å². The summed E-state index contributed by atoms with van der Waals surface area (Å²) in [5, 5.41) is 8.90. The second kappa shape index (κ2) is 2.73. The molecule has 0 aliphatic heterocycles. The third kappa shape index (κ3) is 1.29. The Morgan fingerprint density at radius 1 is 1.40 bits per heavy atom. The van der Waals surface area contributed by atoms with Gasteiger partial charge in [-0.25, -0.2) is 4.98 Å². The number of rotatable bonds is 0. The van der Waals surface area contributed by atoms with Crippen LogP contribution in [0.2, 0.25) is 0 Å². The molecule has 3 nitrogen and oxygen atoms in total. The maximum absolute atomic E-state index is 8.90. The monoisotopic (exact) mass is 199 g/mol. The van der Waals surface area contributed by atoms with Crippen LogP contribution in [0.4, 0.5) is 5.82 Å². The Labute approximate surface area is 88.9 Å². The summed E-state index contributed by atoms with van der Waals surface area (Å²) in [6, 6.07) is 4.05. The van der Waals surface area contributed by atoms with E-state index in [1.54, 1.807) is 0 Å². The number of nitrogens with zero attached hydrogens (tertiary/aromatic N) is 2. The summed E-state index contributed by atoms with van der Waals surface area (Å²) >= 11 is 0. The van der Waals surface area contributed by atoms with Gasteiger partial charge < -0.3 is 5.73 Å². The molecule has 3 rings (SSSR count). The number of anilines is 1. The molecule has 0 atom stereocenters. The van der Waals surface area contributed by atoms with Gasteiger partial charge in [-0.15, -0.1) is 0 Å². The van der Waals surface area contributed by atoms with Crippen LogP contribution in [0.15, 0.2) is 6.07 Å². The molecule has 1 fully saturated rings. The van der Waals surface area contributed by atoms with Gasteiger partial charge in [-0.3, -0.25) is 0 Å². The van der Waals surface area contributed by atoms with E-state index in [0.29, 0.717) is 16.8 Å². The van der Waals surface area contributed by atoms with Crippen LogP contribution < -0.4 is 5.73 Å². The van der Waals surface area contributed by atoms with Gasteiger partial charge in [0.1, 0.15) is 11.9 Å². The lowest BCUT2D eigenvalue weighted by atomic mass is 9.83. The zero-order valence-corrected chi connectivity index (χ0v) is 8.58. The van der Waals surface area contributed by atoms with E-state index in [9.17, 15) is 0 Å². The van der Waals surface area contributed by atoms with Crippen LogP contribution in [0.1, 0.15) is 36.1 Å². The standard InChI is InChI=1S/C12H13N3/c13-7-9-5-8-6-12(3-4-12)2-1-10(8)15-11(9)14/h5H,1-4,6H2,(H2,14,15). The minimum Gasteiger partial charge on any atom is -0.383 e. The molecule has 0 bridgehead atoms. The first-order valence-electron chi connectivity index (χ1n) is 5.41. The molecule has 1 spiro atoms. The first kappa shape index (κ1) is 8.72. The molecule has 0 aromatic carbocycles. The van der Waals surface area contributed by atoms with Gasteiger partial charge in [-0.1, -0.05) is 0 Å². The number of hydrogen-bond acceptors (Lipinski definition) is 3. The lowest BCUT2D eigenvalue weighted by molar-refractivity contribution is 0.432. The Morgan fingerprint density at radius 2 is 2.20 bits per heavy atom. The molecule has 76 valence electrons. The molecule has 2 aliphatic carbocycles. The van der Waals surface area contributed by atoms with Crippen molar-refractivity contribution >= 4 is 5.82 Å². The number of aryl methyl sites for hydroxylation is 1. The number of fused-ring (bicyclic) bond motifs is 1. The van der Waals surface area contributed by atoms with E-state index >= 15 is 0 Å². The molecule has 1 aromatic rings. The maximum atomic E-state index is 8.90. The lowest BCUT2D eigenvalue weighted by Crippen LogP contribution is -2.17. The second-order valence-corrected chi connectivity index (χ2v) is 4.82. The van der Waals surface area contributed by atoms with Crippen molar-refractivity contribution in [1.82, 2.24) is 4.98 Å². The molecule has 1 aromatic heterocycles. The van der Waals surface area contributed by atoms with Gasteiger partial charge in [-0.05, 0) is 49.1 Å². The fourth-order valence-electron chi connectivity index (χ4n) is 2.55. The number of pyridine rings is 1. The Bertz CT molecular complexity index is 466. The normalized spacial score (nSPS) is 20.7. The highest BCUT2D eigenvalue weighted by molar-refractivity contribution is 5.51. The van der Waals surface area contributed by atoms with Gasteiger partial charge in [-0.2, -0.15) is 5.26 Å². The highest BCUT2D eigenvalue weighted by atomic mass is 14.9. The van der Waals surface area contributed by atoms with E-state index in [1.165, 1.54) is 24.8 Å². The molecule has 15 heavy (non-hydrogen) atoms. The Kier molecular flexibility index (Phi) is 1.59. The van der Waals surface area contributed by atoms with Crippen molar-refractivity contribution in [2.75, 3.05) is 5.73 Å². The van der Waals surface area contributed by atoms with Crippen molar-refractivity contribution in [2.45, 2.75) is 32.1 Å². The van der Waals surface area contributed by atoms with E-state index < -0.39 is 0 Å². The van der Waals surface area contributed by atoms with Crippen molar-refractivity contribution in [3.8, 4) is 6.07 Å². The van der Waals surface area contributed by atoms with E-state index in [0.717, 1.165) is 18.5 Å². The molecule has 1 heterocycles. The predicted octanol–water partition coefficient (Wildman–Crippen LogP) is 1.80. The molecule has 3 heteroatoms. The summed E-state index contributed by atoms with van der Waals surface area (Å²) in [5.74, 6) is 0.392. The average molecular weight is 199 g/mol. The smallest absolute Gasteiger partial charge is 0.141 e. The molecule has 2 aliphatic rings. The SMILES string of the molecule is N#Cc1cc2c(nc1N)CCC1(CC1)C2. The summed E-state index contributed by atoms with van der Waals surface area (Å²) < 4.78 is 0. The molecule has 1 saturated carbocycles. The topological polar surface area (TPSA) is 62.7 Å². The summed E-state index contributed by atoms with van der Waals surface area (Å²) in [6.45, 7) is 0. The second-order valence-electron chi connectivity index (χ2n) is 4.82. The summed E-state index contributed by atoms with van der Waals surface area (Å²) in [4.78, 5) is 4.33. The highest BCUT2D eigenvalue weighted by Gasteiger charge is 2.44. The summed E-state index contributed by atoms with van der Waals surface area (Å²) in [5.41, 5.74) is 9.17. The molecule has 0 amide bonds. The third-order valence-corrected chi connectivity index (χ3v) is 3.76. The Balaban J connectivity index is 2.06. The van der Waals surface area contributed by atoms with Crippen molar-refractivity contribution in [3.63, 3.8) is 0 Å². The van der Waals surface area contributed by atoms with Crippen molar-refractivity contribution in [1.29, 1.82) is 5.26 Å². The summed E-state index contributed by atoms with van der Waals surface area (Å²) in [6.07, 6.45) is 6.07. The third-order valence-electron chi connectivity index (χ3n) is 3.76. The van der Waals surface area contributed by atoms with Crippen LogP contribution in [-0.2, 0) is 12.8 Å². The van der Waals surface area contributed by atoms with Crippen LogP contribution in [-0.4, -0.2) is 4.98 Å². The van der Waals surface area contributed by atoms with Crippen LogP contribution in [0, 0.1) is 16.7 Å². The minimum absolute atomic E-state index is 0.392. The Morgan fingerprint density at radius 3 is 2.87 bits per heavy atom. The number of aromatic nitrogens is 1. The van der Waals surface area contributed by atoms with E-state index in [4.69, 9.17) is 11.0 Å². The number of nitrogen functional groups attached to an aromatic ring is 1. The zero-order chi connectivity index (χ0) is 10.5. The van der Waals surface area contributed by atoms with Gasteiger partial charge in [0.15, 0.2) is 0 Å². The van der Waals surface area contributed by atoms with E-state index in [2.05, 4.69) is 11.1 Å². The number of nitriles is 1. The van der Waals surface area contributed by atoms with Crippen molar-refractivity contribution in [2.24, 2.45) is 5.41 Å². The summed E-state index contributed by atoms with van der Waals surface area (Å²) in [7, 11) is 0. The van der Waals surface area contributed by atoms with Crippen molar-refractivity contribution < 1.29 is 0 Å². The zero-order valence-electron chi connectivity index (χ0n) is 8.58. The molecule has 2 N–H and O–H groups in total. The van der Waals surface area contributed by atoms with E-state index in [1.807, 2.05) is 6.07 Å². The van der Waals surface area contributed by atoms with Gasteiger partial charge in [0.2, 0.25) is 0 Å². The Hall–Kier alpha value is -1.56. The van der Waals surface area contributed by atoms with Crippen LogP contribution in [0.25, 0.3) is 0 Å².